The molecule has 3 heteroatoms. The van der Waals surface area contributed by atoms with Crippen LogP contribution in [0.15, 0.2) is 18.3 Å². The normalized spacial score (nSPS) is 23.6. The zero-order valence-electron chi connectivity index (χ0n) is 11.0. The van der Waals surface area contributed by atoms with E-state index in [1.807, 2.05) is 6.20 Å². The fraction of sp³-hybridized carbons (Fsp3) is 0.643. The van der Waals surface area contributed by atoms with E-state index >= 15 is 0 Å². The molecule has 0 radical (unpaired) electrons. The van der Waals surface area contributed by atoms with Crippen LogP contribution in [0.25, 0.3) is 0 Å². The van der Waals surface area contributed by atoms with Gasteiger partial charge in [-0.1, -0.05) is 13.0 Å². The molecule has 2 rings (SSSR count). The number of pyridine rings is 1. The van der Waals surface area contributed by atoms with Crippen molar-refractivity contribution in [3.05, 3.63) is 29.6 Å². The van der Waals surface area contributed by atoms with Gasteiger partial charge in [0.25, 0.3) is 0 Å². The zero-order valence-corrected chi connectivity index (χ0v) is 11.0. The van der Waals surface area contributed by atoms with E-state index in [9.17, 15) is 0 Å². The van der Waals surface area contributed by atoms with Gasteiger partial charge in [-0.2, -0.15) is 0 Å². The van der Waals surface area contributed by atoms with Crippen LogP contribution in [0.4, 0.5) is 0 Å². The summed E-state index contributed by atoms with van der Waals surface area (Å²) >= 11 is 0. The Morgan fingerprint density at radius 1 is 1.53 bits per heavy atom. The average Bonchev–Trinajstić information content (AvgIpc) is 2.38. The maximum absolute atomic E-state index is 5.57. The Balaban J connectivity index is 2.04. The summed E-state index contributed by atoms with van der Waals surface area (Å²) < 4.78 is 5.57. The summed E-state index contributed by atoms with van der Waals surface area (Å²) in [5.41, 5.74) is 2.47. The van der Waals surface area contributed by atoms with Crippen LogP contribution in [0, 0.1) is 0 Å². The highest BCUT2D eigenvalue weighted by Gasteiger charge is 2.22. The summed E-state index contributed by atoms with van der Waals surface area (Å²) in [4.78, 5) is 6.94. The van der Waals surface area contributed by atoms with Crippen molar-refractivity contribution in [2.24, 2.45) is 0 Å². The number of ether oxygens (including phenoxy) is 1. The van der Waals surface area contributed by atoms with Crippen LogP contribution in [-0.2, 0) is 11.2 Å². The first-order valence-corrected chi connectivity index (χ1v) is 6.51. The molecular weight excluding hydrogens is 212 g/mol. The number of hydrogen-bond donors (Lipinski definition) is 0. The molecule has 0 amide bonds. The molecule has 2 unspecified atom stereocenters. The molecule has 17 heavy (non-hydrogen) atoms. The lowest BCUT2D eigenvalue weighted by atomic mass is 10.1. The summed E-state index contributed by atoms with van der Waals surface area (Å²) in [5.74, 6) is 0. The molecule has 1 aromatic rings. The Morgan fingerprint density at radius 2 is 2.35 bits per heavy atom. The number of rotatable bonds is 3. The fourth-order valence-electron chi connectivity index (χ4n) is 2.30. The average molecular weight is 234 g/mol. The van der Waals surface area contributed by atoms with Crippen LogP contribution >= 0.6 is 0 Å². The lowest BCUT2D eigenvalue weighted by Crippen LogP contribution is -2.42. The highest BCUT2D eigenvalue weighted by molar-refractivity contribution is 5.17. The molecule has 3 nitrogen and oxygen atoms in total. The van der Waals surface area contributed by atoms with Crippen molar-refractivity contribution < 1.29 is 4.74 Å². The molecule has 0 aliphatic carbocycles. The van der Waals surface area contributed by atoms with Gasteiger partial charge in [-0.05, 0) is 31.9 Å². The standard InChI is InChI=1S/C14H22N2O/c1-4-14-6-5-13(9-15-14)12(3)16-7-8-17-11(2)10-16/h5-6,9,11-12H,4,7-8,10H2,1-3H3. The molecule has 1 aliphatic rings. The van der Waals surface area contributed by atoms with E-state index in [0.717, 1.165) is 31.8 Å². The molecule has 0 aromatic carbocycles. The molecule has 0 saturated carbocycles. The maximum atomic E-state index is 5.57. The summed E-state index contributed by atoms with van der Waals surface area (Å²) in [6.07, 6.45) is 3.36. The molecule has 0 spiro atoms. The Hall–Kier alpha value is -0.930. The zero-order chi connectivity index (χ0) is 12.3. The monoisotopic (exact) mass is 234 g/mol. The van der Waals surface area contributed by atoms with Crippen LogP contribution in [0.1, 0.15) is 38.1 Å². The van der Waals surface area contributed by atoms with Crippen molar-refractivity contribution in [1.82, 2.24) is 9.88 Å². The first-order valence-electron chi connectivity index (χ1n) is 6.51. The van der Waals surface area contributed by atoms with Gasteiger partial charge in [0.1, 0.15) is 0 Å². The highest BCUT2D eigenvalue weighted by Crippen LogP contribution is 2.22. The molecule has 1 fully saturated rings. The van der Waals surface area contributed by atoms with Crippen molar-refractivity contribution in [3.63, 3.8) is 0 Å². The van der Waals surface area contributed by atoms with E-state index in [1.54, 1.807) is 0 Å². The van der Waals surface area contributed by atoms with Crippen molar-refractivity contribution >= 4 is 0 Å². The van der Waals surface area contributed by atoms with E-state index in [1.165, 1.54) is 5.56 Å². The van der Waals surface area contributed by atoms with E-state index < -0.39 is 0 Å². The summed E-state index contributed by atoms with van der Waals surface area (Å²) in [7, 11) is 0. The van der Waals surface area contributed by atoms with Gasteiger partial charge in [0.05, 0.1) is 12.7 Å². The predicted molar refractivity (Wildman–Crippen MR) is 69.0 cm³/mol. The maximum Gasteiger partial charge on any atom is 0.0674 e. The number of nitrogens with zero attached hydrogens (tertiary/aromatic N) is 2. The minimum atomic E-state index is 0.342. The fourth-order valence-corrected chi connectivity index (χ4v) is 2.30. The van der Waals surface area contributed by atoms with Crippen molar-refractivity contribution in [1.29, 1.82) is 0 Å². The minimum Gasteiger partial charge on any atom is -0.376 e. The molecular formula is C14H22N2O. The van der Waals surface area contributed by atoms with Crippen LogP contribution in [-0.4, -0.2) is 35.7 Å². The number of morpholine rings is 1. The van der Waals surface area contributed by atoms with Crippen molar-refractivity contribution in [3.8, 4) is 0 Å². The second kappa shape index (κ2) is 5.61. The second-order valence-electron chi connectivity index (χ2n) is 4.79. The molecule has 2 atom stereocenters. The third-order valence-electron chi connectivity index (χ3n) is 3.51. The van der Waals surface area contributed by atoms with Crippen LogP contribution < -0.4 is 0 Å². The van der Waals surface area contributed by atoms with Gasteiger partial charge in [-0.3, -0.25) is 9.88 Å². The van der Waals surface area contributed by atoms with E-state index in [2.05, 4.69) is 42.8 Å². The summed E-state index contributed by atoms with van der Waals surface area (Å²) in [6.45, 7) is 9.39. The van der Waals surface area contributed by atoms with Gasteiger partial charge in [0.2, 0.25) is 0 Å². The summed E-state index contributed by atoms with van der Waals surface area (Å²) in [6, 6.07) is 4.77. The van der Waals surface area contributed by atoms with Crippen molar-refractivity contribution in [2.45, 2.75) is 39.3 Å². The number of hydrogen-bond acceptors (Lipinski definition) is 3. The van der Waals surface area contributed by atoms with E-state index in [-0.39, 0.29) is 0 Å². The summed E-state index contributed by atoms with van der Waals surface area (Å²) in [5, 5.41) is 0. The Bertz CT molecular complexity index is 350. The van der Waals surface area contributed by atoms with Gasteiger partial charge in [0.15, 0.2) is 0 Å². The SMILES string of the molecule is CCc1ccc(C(C)N2CCOC(C)C2)cn1. The Kier molecular flexibility index (Phi) is 4.13. The molecule has 0 bridgehead atoms. The molecule has 94 valence electrons. The second-order valence-corrected chi connectivity index (χ2v) is 4.79. The first kappa shape index (κ1) is 12.5. The third-order valence-corrected chi connectivity index (χ3v) is 3.51. The number of aromatic nitrogens is 1. The lowest BCUT2D eigenvalue weighted by molar-refractivity contribution is -0.0320. The molecule has 1 saturated heterocycles. The Morgan fingerprint density at radius 3 is 2.94 bits per heavy atom. The number of aryl methyl sites for hydroxylation is 1. The smallest absolute Gasteiger partial charge is 0.0674 e. The van der Waals surface area contributed by atoms with Gasteiger partial charge >= 0.3 is 0 Å². The van der Waals surface area contributed by atoms with Crippen molar-refractivity contribution in [2.75, 3.05) is 19.7 Å². The quantitative estimate of drug-likeness (QED) is 0.803. The topological polar surface area (TPSA) is 25.4 Å². The van der Waals surface area contributed by atoms with Crippen LogP contribution in [0.2, 0.25) is 0 Å². The van der Waals surface area contributed by atoms with Gasteiger partial charge < -0.3 is 4.74 Å². The largest absolute Gasteiger partial charge is 0.376 e. The lowest BCUT2D eigenvalue weighted by Gasteiger charge is -2.35. The molecule has 0 N–H and O–H groups in total. The molecule has 2 heterocycles. The van der Waals surface area contributed by atoms with Crippen LogP contribution in [0.3, 0.4) is 0 Å². The first-order chi connectivity index (χ1) is 8.20. The van der Waals surface area contributed by atoms with E-state index in [4.69, 9.17) is 4.74 Å². The minimum absolute atomic E-state index is 0.342. The molecule has 1 aliphatic heterocycles. The van der Waals surface area contributed by atoms with Gasteiger partial charge in [0, 0.05) is 31.0 Å². The van der Waals surface area contributed by atoms with Gasteiger partial charge in [-0.25, -0.2) is 0 Å². The predicted octanol–water partition coefficient (Wildman–Crippen LogP) is 2.43. The van der Waals surface area contributed by atoms with Gasteiger partial charge in [-0.15, -0.1) is 0 Å². The highest BCUT2D eigenvalue weighted by atomic mass is 16.5. The third kappa shape index (κ3) is 3.05. The van der Waals surface area contributed by atoms with Crippen LogP contribution in [0.5, 0.6) is 0 Å². The van der Waals surface area contributed by atoms with E-state index in [0.29, 0.717) is 12.1 Å². The molecule has 1 aromatic heterocycles. The Labute approximate surface area is 104 Å².